The molecule has 1 aliphatic heterocycles. The molecule has 3 N–H and O–H groups in total. The number of sulfonamides is 1. The number of carbonyl (C=O) groups excluding carboxylic acids is 2. The molecule has 0 aromatic heterocycles. The van der Waals surface area contributed by atoms with Gasteiger partial charge in [-0.05, 0) is 50.7 Å². The molecule has 2 fully saturated rings. The Labute approximate surface area is 196 Å². The lowest BCUT2D eigenvalue weighted by atomic mass is 9.81. The Morgan fingerprint density at radius 1 is 1.09 bits per heavy atom. The van der Waals surface area contributed by atoms with Crippen molar-refractivity contribution in [1.29, 1.82) is 0 Å². The molecule has 1 aromatic rings. The fraction of sp³-hybridized carbons (Fsp3) is 0.652. The van der Waals surface area contributed by atoms with Crippen LogP contribution in [0.4, 0.5) is 0 Å². The quantitative estimate of drug-likeness (QED) is 0.455. The number of rotatable bonds is 10. The van der Waals surface area contributed by atoms with E-state index in [9.17, 15) is 18.0 Å². The summed E-state index contributed by atoms with van der Waals surface area (Å²) in [5, 5.41) is 5.72. The molecule has 184 valence electrons. The van der Waals surface area contributed by atoms with Crippen molar-refractivity contribution in [1.82, 2.24) is 20.3 Å². The largest absolute Gasteiger partial charge is 0.379 e. The highest BCUT2D eigenvalue weighted by atomic mass is 32.2. The molecule has 9 nitrogen and oxygen atoms in total. The Morgan fingerprint density at radius 3 is 2.42 bits per heavy atom. The predicted octanol–water partition coefficient (Wildman–Crippen LogP) is 0.724. The minimum absolute atomic E-state index is 0.103. The third kappa shape index (κ3) is 8.06. The average molecular weight is 481 g/mol. The van der Waals surface area contributed by atoms with Crippen molar-refractivity contribution in [2.24, 2.45) is 11.8 Å². The summed E-state index contributed by atoms with van der Waals surface area (Å²) in [6, 6.07) is 7.74. The maximum Gasteiger partial charge on any atom is 0.242 e. The van der Waals surface area contributed by atoms with Gasteiger partial charge in [-0.2, -0.15) is 0 Å². The Hall–Kier alpha value is -2.01. The van der Waals surface area contributed by atoms with Crippen molar-refractivity contribution in [3.63, 3.8) is 0 Å². The molecule has 1 saturated heterocycles. The minimum Gasteiger partial charge on any atom is -0.379 e. The van der Waals surface area contributed by atoms with Crippen molar-refractivity contribution in [3.05, 3.63) is 30.3 Å². The fourth-order valence-electron chi connectivity index (χ4n) is 4.25. The average Bonchev–Trinajstić information content (AvgIpc) is 2.84. The van der Waals surface area contributed by atoms with Crippen LogP contribution in [0.3, 0.4) is 0 Å². The summed E-state index contributed by atoms with van der Waals surface area (Å²) in [5.74, 6) is -0.223. The topological polar surface area (TPSA) is 117 Å². The number of hydrogen-bond donors (Lipinski definition) is 3. The summed E-state index contributed by atoms with van der Waals surface area (Å²) in [6.45, 7) is 6.58. The van der Waals surface area contributed by atoms with Crippen molar-refractivity contribution < 1.29 is 22.7 Å². The molecule has 2 aliphatic rings. The van der Waals surface area contributed by atoms with Gasteiger partial charge in [-0.3, -0.25) is 14.5 Å². The smallest absolute Gasteiger partial charge is 0.242 e. The number of morpholine rings is 1. The van der Waals surface area contributed by atoms with Crippen molar-refractivity contribution >= 4 is 21.8 Å². The van der Waals surface area contributed by atoms with E-state index in [-0.39, 0.29) is 28.5 Å². The van der Waals surface area contributed by atoms with Crippen LogP contribution in [0.1, 0.15) is 32.6 Å². The molecule has 1 unspecified atom stereocenters. The van der Waals surface area contributed by atoms with E-state index in [1.807, 2.05) is 0 Å². The van der Waals surface area contributed by atoms with E-state index in [0.717, 1.165) is 45.7 Å². The van der Waals surface area contributed by atoms with Gasteiger partial charge in [0.05, 0.1) is 18.1 Å². The lowest BCUT2D eigenvalue weighted by Gasteiger charge is -2.29. The van der Waals surface area contributed by atoms with Gasteiger partial charge in [-0.1, -0.05) is 18.2 Å². The van der Waals surface area contributed by atoms with Crippen LogP contribution in [0, 0.1) is 11.8 Å². The first kappa shape index (κ1) is 25.6. The number of ether oxygens (including phenoxy) is 1. The van der Waals surface area contributed by atoms with Gasteiger partial charge in [0.1, 0.15) is 6.04 Å². The summed E-state index contributed by atoms with van der Waals surface area (Å²) >= 11 is 0. The highest BCUT2D eigenvalue weighted by Crippen LogP contribution is 2.29. The van der Waals surface area contributed by atoms with Crippen LogP contribution in [0.15, 0.2) is 35.2 Å². The molecule has 3 rings (SSSR count). The first-order chi connectivity index (χ1) is 15.8. The van der Waals surface area contributed by atoms with Crippen molar-refractivity contribution in [2.45, 2.75) is 43.5 Å². The highest BCUT2D eigenvalue weighted by Gasteiger charge is 2.29. The molecule has 33 heavy (non-hydrogen) atoms. The summed E-state index contributed by atoms with van der Waals surface area (Å²) in [6.07, 6.45) is 2.93. The lowest BCUT2D eigenvalue weighted by molar-refractivity contribution is -0.131. The molecular weight excluding hydrogens is 444 g/mol. The van der Waals surface area contributed by atoms with Gasteiger partial charge >= 0.3 is 0 Å². The molecule has 1 heterocycles. The second-order valence-electron chi connectivity index (χ2n) is 8.86. The van der Waals surface area contributed by atoms with Gasteiger partial charge < -0.3 is 15.4 Å². The monoisotopic (exact) mass is 480 g/mol. The maximum atomic E-state index is 12.6. The number of benzene rings is 1. The third-order valence-corrected chi connectivity index (χ3v) is 7.86. The number of nitrogens with one attached hydrogen (secondary N) is 3. The third-order valence-electron chi connectivity index (χ3n) is 6.42. The summed E-state index contributed by atoms with van der Waals surface area (Å²) in [7, 11) is -3.51. The van der Waals surface area contributed by atoms with Crippen LogP contribution in [0.25, 0.3) is 0 Å². The van der Waals surface area contributed by atoms with Gasteiger partial charge in [0.25, 0.3) is 0 Å². The first-order valence-electron chi connectivity index (χ1n) is 11.8. The van der Waals surface area contributed by atoms with Crippen LogP contribution in [-0.4, -0.2) is 77.1 Å². The van der Waals surface area contributed by atoms with Crippen LogP contribution in [-0.2, 0) is 24.3 Å². The Balaban J connectivity index is 1.33. The van der Waals surface area contributed by atoms with E-state index in [1.165, 1.54) is 0 Å². The normalized spacial score (nSPS) is 22.9. The molecule has 10 heteroatoms. The molecule has 0 radical (unpaired) electrons. The van der Waals surface area contributed by atoms with Crippen molar-refractivity contribution in [2.75, 3.05) is 45.9 Å². The number of amides is 2. The van der Waals surface area contributed by atoms with Crippen LogP contribution >= 0.6 is 0 Å². The SMILES string of the molecule is CC(NC(=O)C1CCC(CNS(=O)(=O)c2ccccc2)CC1)C(=O)NCCN1CCOCC1. The maximum absolute atomic E-state index is 12.6. The van der Waals surface area contributed by atoms with E-state index >= 15 is 0 Å². The molecule has 1 saturated carbocycles. The molecule has 0 spiro atoms. The van der Waals surface area contributed by atoms with E-state index in [1.54, 1.807) is 37.3 Å². The standard InChI is InChI=1S/C23H36N4O5S/c1-18(22(28)24-11-12-27-13-15-32-16-14-27)26-23(29)20-9-7-19(8-10-20)17-25-33(30,31)21-5-3-2-4-6-21/h2-6,18-20,25H,7-17H2,1H3,(H,24,28)(H,26,29). The Morgan fingerprint density at radius 2 is 1.76 bits per heavy atom. The molecule has 0 bridgehead atoms. The van der Waals surface area contributed by atoms with Gasteiger partial charge in [0, 0.05) is 38.6 Å². The molecule has 1 aromatic carbocycles. The van der Waals surface area contributed by atoms with Gasteiger partial charge in [0.15, 0.2) is 0 Å². The fourth-order valence-corrected chi connectivity index (χ4v) is 5.39. The van der Waals surface area contributed by atoms with E-state index in [0.29, 0.717) is 25.9 Å². The molecule has 2 amide bonds. The number of carbonyl (C=O) groups is 2. The summed E-state index contributed by atoms with van der Waals surface area (Å²) in [4.78, 5) is 27.4. The summed E-state index contributed by atoms with van der Waals surface area (Å²) < 4.78 is 32.8. The number of hydrogen-bond acceptors (Lipinski definition) is 6. The van der Waals surface area contributed by atoms with E-state index in [2.05, 4.69) is 20.3 Å². The zero-order chi connectivity index (χ0) is 23.7. The van der Waals surface area contributed by atoms with Crippen molar-refractivity contribution in [3.8, 4) is 0 Å². The molecule has 1 aliphatic carbocycles. The predicted molar refractivity (Wildman–Crippen MR) is 125 cm³/mol. The van der Waals surface area contributed by atoms with Crippen LogP contribution in [0.5, 0.6) is 0 Å². The van der Waals surface area contributed by atoms with E-state index < -0.39 is 16.1 Å². The highest BCUT2D eigenvalue weighted by molar-refractivity contribution is 7.89. The van der Waals surface area contributed by atoms with Gasteiger partial charge in [0.2, 0.25) is 21.8 Å². The van der Waals surface area contributed by atoms with Crippen LogP contribution in [0.2, 0.25) is 0 Å². The summed E-state index contributed by atoms with van der Waals surface area (Å²) in [5.41, 5.74) is 0. The zero-order valence-corrected chi connectivity index (χ0v) is 20.1. The zero-order valence-electron chi connectivity index (χ0n) is 19.3. The Bertz CT molecular complexity index is 866. The molecule has 1 atom stereocenters. The van der Waals surface area contributed by atoms with Crippen LogP contribution < -0.4 is 15.4 Å². The first-order valence-corrected chi connectivity index (χ1v) is 13.3. The second-order valence-corrected chi connectivity index (χ2v) is 10.6. The van der Waals surface area contributed by atoms with Gasteiger partial charge in [-0.15, -0.1) is 0 Å². The number of nitrogens with zero attached hydrogens (tertiary/aromatic N) is 1. The minimum atomic E-state index is -3.51. The van der Waals surface area contributed by atoms with E-state index in [4.69, 9.17) is 4.74 Å². The van der Waals surface area contributed by atoms with Gasteiger partial charge in [-0.25, -0.2) is 13.1 Å². The molecular formula is C23H36N4O5S. The Kier molecular flexibility index (Phi) is 9.66. The second kappa shape index (κ2) is 12.5. The lowest BCUT2D eigenvalue weighted by Crippen LogP contribution is -2.49.